The van der Waals surface area contributed by atoms with Gasteiger partial charge in [-0.15, -0.1) is 11.7 Å². The molecule has 5 nitrogen and oxygen atoms in total. The molecule has 0 unspecified atom stereocenters. The third-order valence-corrected chi connectivity index (χ3v) is 5.33. The zero-order valence-corrected chi connectivity index (χ0v) is 17.7. The summed E-state index contributed by atoms with van der Waals surface area (Å²) in [6, 6.07) is 18.0. The van der Waals surface area contributed by atoms with Crippen molar-refractivity contribution in [1.82, 2.24) is 20.1 Å². The molecule has 1 heterocycles. The van der Waals surface area contributed by atoms with Crippen molar-refractivity contribution in [1.29, 1.82) is 0 Å². The Morgan fingerprint density at radius 3 is 2.64 bits per heavy atom. The molecule has 0 aliphatic rings. The maximum Gasteiger partial charge on any atom is 0.230 e. The maximum atomic E-state index is 12.1. The van der Waals surface area contributed by atoms with Crippen molar-refractivity contribution >= 4 is 33.6 Å². The van der Waals surface area contributed by atoms with Crippen molar-refractivity contribution in [2.75, 3.05) is 12.3 Å². The molecule has 3 aromatic rings. The van der Waals surface area contributed by atoms with E-state index in [-0.39, 0.29) is 11.7 Å². The van der Waals surface area contributed by atoms with Crippen molar-refractivity contribution in [2.45, 2.75) is 18.1 Å². The number of benzene rings is 2. The predicted molar refractivity (Wildman–Crippen MR) is 117 cm³/mol. The number of hydrogen-bond acceptors (Lipinski definition) is 4. The first kappa shape index (κ1) is 20.4. The summed E-state index contributed by atoms with van der Waals surface area (Å²) in [4.78, 5) is 16.7. The van der Waals surface area contributed by atoms with Gasteiger partial charge in [-0.2, -0.15) is 0 Å². The van der Waals surface area contributed by atoms with Crippen LogP contribution in [0.3, 0.4) is 0 Å². The summed E-state index contributed by atoms with van der Waals surface area (Å²) in [7, 11) is 0. The molecule has 0 saturated carbocycles. The molecular weight excluding hydrogens is 436 g/mol. The lowest BCUT2D eigenvalue weighted by Gasteiger charge is -2.04. The zero-order chi connectivity index (χ0) is 19.8. The summed E-state index contributed by atoms with van der Waals surface area (Å²) in [6.07, 6.45) is 2.60. The van der Waals surface area contributed by atoms with Gasteiger partial charge >= 0.3 is 0 Å². The Hall–Kier alpha value is -2.38. The Kier molecular flexibility index (Phi) is 7.45. The minimum atomic E-state index is -0.0220. The highest BCUT2D eigenvalue weighted by atomic mass is 79.9. The van der Waals surface area contributed by atoms with Gasteiger partial charge in [0.25, 0.3) is 0 Å². The highest BCUT2D eigenvalue weighted by Gasteiger charge is 2.13. The SMILES string of the molecule is C=CCn1nc(SCC(=O)NCCc2ccccc2)nc1-c1ccc(Br)cc1. The van der Waals surface area contributed by atoms with E-state index in [1.807, 2.05) is 42.5 Å². The predicted octanol–water partition coefficient (Wildman–Crippen LogP) is 4.34. The Morgan fingerprint density at radius 1 is 1.18 bits per heavy atom. The number of carbonyl (C=O) groups is 1. The molecule has 28 heavy (non-hydrogen) atoms. The summed E-state index contributed by atoms with van der Waals surface area (Å²) in [5.41, 5.74) is 2.18. The first-order valence-corrected chi connectivity index (χ1v) is 10.7. The molecule has 2 aromatic carbocycles. The average Bonchev–Trinajstić information content (AvgIpc) is 3.11. The average molecular weight is 457 g/mol. The minimum absolute atomic E-state index is 0.0220. The van der Waals surface area contributed by atoms with Crippen LogP contribution in [0.5, 0.6) is 0 Å². The first-order chi connectivity index (χ1) is 13.7. The van der Waals surface area contributed by atoms with Gasteiger partial charge in [0.15, 0.2) is 5.82 Å². The van der Waals surface area contributed by atoms with Crippen LogP contribution < -0.4 is 5.32 Å². The lowest BCUT2D eigenvalue weighted by Crippen LogP contribution is -2.27. The Balaban J connectivity index is 1.56. The van der Waals surface area contributed by atoms with E-state index < -0.39 is 0 Å². The van der Waals surface area contributed by atoms with Gasteiger partial charge < -0.3 is 5.32 Å². The third-order valence-electron chi connectivity index (χ3n) is 3.97. The monoisotopic (exact) mass is 456 g/mol. The second kappa shape index (κ2) is 10.2. The first-order valence-electron chi connectivity index (χ1n) is 8.91. The van der Waals surface area contributed by atoms with Gasteiger partial charge in [0.1, 0.15) is 0 Å². The molecule has 0 bridgehead atoms. The normalized spacial score (nSPS) is 10.6. The number of thioether (sulfide) groups is 1. The van der Waals surface area contributed by atoms with E-state index in [1.54, 1.807) is 10.8 Å². The molecule has 144 valence electrons. The van der Waals surface area contributed by atoms with Gasteiger partial charge in [-0.05, 0) is 24.1 Å². The van der Waals surface area contributed by atoms with E-state index in [0.717, 1.165) is 22.3 Å². The van der Waals surface area contributed by atoms with Gasteiger partial charge in [0.05, 0.1) is 12.3 Å². The molecular formula is C21H21BrN4OS. The molecule has 0 spiro atoms. The molecule has 1 amide bonds. The van der Waals surface area contributed by atoms with E-state index in [9.17, 15) is 4.79 Å². The van der Waals surface area contributed by atoms with Crippen molar-refractivity contribution in [3.05, 3.63) is 77.3 Å². The lowest BCUT2D eigenvalue weighted by molar-refractivity contribution is -0.118. The van der Waals surface area contributed by atoms with E-state index in [0.29, 0.717) is 18.2 Å². The summed E-state index contributed by atoms with van der Waals surface area (Å²) in [5, 5.41) is 8.03. The number of halogens is 1. The molecule has 0 fully saturated rings. The van der Waals surface area contributed by atoms with Crippen LogP contribution in [0.1, 0.15) is 5.56 Å². The van der Waals surface area contributed by atoms with Gasteiger partial charge in [0.2, 0.25) is 11.1 Å². The van der Waals surface area contributed by atoms with Crippen LogP contribution in [0, 0.1) is 0 Å². The van der Waals surface area contributed by atoms with Crippen LogP contribution in [0.25, 0.3) is 11.4 Å². The summed E-state index contributed by atoms with van der Waals surface area (Å²) in [5.74, 6) is 1.03. The Labute approximate surface area is 177 Å². The highest BCUT2D eigenvalue weighted by Crippen LogP contribution is 2.23. The molecule has 0 aliphatic heterocycles. The van der Waals surface area contributed by atoms with Crippen molar-refractivity contribution in [3.63, 3.8) is 0 Å². The quantitative estimate of drug-likeness (QED) is 0.384. The van der Waals surface area contributed by atoms with Crippen LogP contribution in [0.15, 0.2) is 76.9 Å². The third kappa shape index (κ3) is 5.81. The summed E-state index contributed by atoms with van der Waals surface area (Å²) < 4.78 is 2.80. The molecule has 0 radical (unpaired) electrons. The number of nitrogens with zero attached hydrogens (tertiary/aromatic N) is 3. The van der Waals surface area contributed by atoms with Crippen LogP contribution >= 0.6 is 27.7 Å². The van der Waals surface area contributed by atoms with E-state index in [2.05, 4.69) is 50.0 Å². The molecule has 0 saturated heterocycles. The van der Waals surface area contributed by atoms with E-state index in [1.165, 1.54) is 17.3 Å². The largest absolute Gasteiger partial charge is 0.355 e. The summed E-state index contributed by atoms with van der Waals surface area (Å²) in [6.45, 7) is 4.95. The second-order valence-electron chi connectivity index (χ2n) is 6.07. The Morgan fingerprint density at radius 2 is 1.93 bits per heavy atom. The molecule has 3 rings (SSSR count). The number of nitrogens with one attached hydrogen (secondary N) is 1. The fraction of sp³-hybridized carbons (Fsp3) is 0.190. The topological polar surface area (TPSA) is 59.8 Å². The van der Waals surface area contributed by atoms with Crippen molar-refractivity contribution in [2.24, 2.45) is 0 Å². The van der Waals surface area contributed by atoms with Gasteiger partial charge in [-0.1, -0.05) is 76.2 Å². The maximum absolute atomic E-state index is 12.1. The number of aromatic nitrogens is 3. The fourth-order valence-corrected chi connectivity index (χ4v) is 3.55. The van der Waals surface area contributed by atoms with Gasteiger partial charge in [0, 0.05) is 16.6 Å². The standard InChI is InChI=1S/C21H21BrN4OS/c1-2-14-26-20(17-8-10-18(22)11-9-17)24-21(25-26)28-15-19(27)23-13-12-16-6-4-3-5-7-16/h2-11H,1,12-15H2,(H,23,27). The number of hydrogen-bond donors (Lipinski definition) is 1. The van der Waals surface area contributed by atoms with Gasteiger partial charge in [-0.25, -0.2) is 9.67 Å². The lowest BCUT2D eigenvalue weighted by atomic mass is 10.1. The summed E-state index contributed by atoms with van der Waals surface area (Å²) >= 11 is 4.78. The molecule has 7 heteroatoms. The second-order valence-corrected chi connectivity index (χ2v) is 7.93. The van der Waals surface area contributed by atoms with Crippen LogP contribution in [-0.2, 0) is 17.8 Å². The van der Waals surface area contributed by atoms with E-state index in [4.69, 9.17) is 0 Å². The van der Waals surface area contributed by atoms with Crippen molar-refractivity contribution in [3.8, 4) is 11.4 Å². The van der Waals surface area contributed by atoms with Crippen molar-refractivity contribution < 1.29 is 4.79 Å². The Bertz CT molecular complexity index is 925. The number of amides is 1. The zero-order valence-electron chi connectivity index (χ0n) is 15.3. The molecule has 0 aliphatic carbocycles. The van der Waals surface area contributed by atoms with E-state index >= 15 is 0 Å². The smallest absolute Gasteiger partial charge is 0.230 e. The number of rotatable bonds is 9. The molecule has 1 N–H and O–H groups in total. The van der Waals surface area contributed by atoms with Gasteiger partial charge in [-0.3, -0.25) is 4.79 Å². The number of carbonyl (C=O) groups excluding carboxylic acids is 1. The van der Waals surface area contributed by atoms with Crippen LogP contribution in [-0.4, -0.2) is 33.0 Å². The molecule has 1 aromatic heterocycles. The highest BCUT2D eigenvalue weighted by molar-refractivity contribution is 9.10. The van der Waals surface area contributed by atoms with Crippen LogP contribution in [0.4, 0.5) is 0 Å². The molecule has 0 atom stereocenters. The fourth-order valence-electron chi connectivity index (χ4n) is 2.62. The van der Waals surface area contributed by atoms with Crippen LogP contribution in [0.2, 0.25) is 0 Å². The minimum Gasteiger partial charge on any atom is -0.355 e. The number of allylic oxidation sites excluding steroid dienone is 1.